The molecule has 1 aliphatic heterocycles. The first-order valence-electron chi connectivity index (χ1n) is 7.28. The van der Waals surface area contributed by atoms with Crippen LogP contribution in [0.15, 0.2) is 62.9 Å². The maximum Gasteiger partial charge on any atom is 0.186 e. The van der Waals surface area contributed by atoms with Crippen molar-refractivity contribution in [2.45, 2.75) is 9.79 Å². The van der Waals surface area contributed by atoms with E-state index >= 15 is 0 Å². The van der Waals surface area contributed by atoms with Crippen molar-refractivity contribution in [3.05, 3.63) is 63.1 Å². The number of anilines is 1. The number of carbonyl (C=O) groups is 1. The minimum absolute atomic E-state index is 0.0978. The van der Waals surface area contributed by atoms with E-state index in [1.807, 2.05) is 36.2 Å². The molecular formula is C18H12Cl2N2OS2. The molecule has 3 nitrogen and oxygen atoms in total. The molecule has 0 N–H and O–H groups in total. The van der Waals surface area contributed by atoms with Gasteiger partial charge in [-0.2, -0.15) is 5.26 Å². The highest BCUT2D eigenvalue weighted by Gasteiger charge is 2.27. The molecule has 2 aromatic rings. The average Bonchev–Trinajstić information content (AvgIpc) is 2.92. The number of rotatable bonds is 4. The van der Waals surface area contributed by atoms with Crippen molar-refractivity contribution in [3.8, 4) is 6.07 Å². The van der Waals surface area contributed by atoms with Crippen LogP contribution in [0.1, 0.15) is 0 Å². The number of nitriles is 1. The molecule has 0 aliphatic carbocycles. The predicted molar refractivity (Wildman–Crippen MR) is 106 cm³/mol. The predicted octanol–water partition coefficient (Wildman–Crippen LogP) is 5.63. The summed E-state index contributed by atoms with van der Waals surface area (Å²) < 4.78 is 0. The fourth-order valence-electron chi connectivity index (χ4n) is 2.38. The number of para-hydroxylation sites is 1. The van der Waals surface area contributed by atoms with Gasteiger partial charge in [0.05, 0.1) is 21.5 Å². The Morgan fingerprint density at radius 2 is 1.88 bits per heavy atom. The average molecular weight is 407 g/mol. The molecule has 0 saturated carbocycles. The van der Waals surface area contributed by atoms with Crippen LogP contribution in [-0.2, 0) is 4.79 Å². The maximum atomic E-state index is 12.6. The third-order valence-electron chi connectivity index (χ3n) is 3.61. The molecule has 0 radical (unpaired) electrons. The summed E-state index contributed by atoms with van der Waals surface area (Å²) in [6.07, 6.45) is 0. The third-order valence-corrected chi connectivity index (χ3v) is 6.83. The van der Waals surface area contributed by atoms with Crippen molar-refractivity contribution in [1.29, 1.82) is 5.26 Å². The molecule has 0 unspecified atom stereocenters. The Labute approximate surface area is 164 Å². The van der Waals surface area contributed by atoms with Gasteiger partial charge >= 0.3 is 0 Å². The van der Waals surface area contributed by atoms with Gasteiger partial charge in [0, 0.05) is 16.8 Å². The van der Waals surface area contributed by atoms with Crippen LogP contribution >= 0.6 is 46.7 Å². The minimum atomic E-state index is -0.245. The molecule has 0 atom stereocenters. The number of nitrogens with zero attached hydrogens (tertiary/aromatic N) is 2. The molecule has 1 heterocycles. The lowest BCUT2D eigenvalue weighted by Gasteiger charge is -2.14. The summed E-state index contributed by atoms with van der Waals surface area (Å²) in [6, 6.07) is 15.1. The summed E-state index contributed by atoms with van der Waals surface area (Å²) in [5, 5.41) is 11.2. The highest BCUT2D eigenvalue weighted by Crippen LogP contribution is 2.46. The van der Waals surface area contributed by atoms with E-state index in [9.17, 15) is 10.1 Å². The smallest absolute Gasteiger partial charge is 0.186 e. The molecule has 0 saturated heterocycles. The lowest BCUT2D eigenvalue weighted by atomic mass is 10.2. The molecule has 25 heavy (non-hydrogen) atoms. The molecular weight excluding hydrogens is 395 g/mol. The van der Waals surface area contributed by atoms with Crippen LogP contribution in [0.3, 0.4) is 0 Å². The minimum Gasteiger partial charge on any atom is -0.337 e. The Hall–Kier alpha value is -1.58. The normalized spacial score (nSPS) is 14.9. The number of hydrogen-bond acceptors (Lipinski definition) is 5. The molecule has 0 bridgehead atoms. The fourth-order valence-corrected chi connectivity index (χ4v) is 5.10. The van der Waals surface area contributed by atoms with Gasteiger partial charge in [-0.05, 0) is 24.3 Å². The summed E-state index contributed by atoms with van der Waals surface area (Å²) in [5.74, 6) is -0.147. The summed E-state index contributed by atoms with van der Waals surface area (Å²) in [4.78, 5) is 16.2. The molecule has 7 heteroatoms. The molecule has 0 aromatic heterocycles. The maximum absolute atomic E-state index is 12.6. The quantitative estimate of drug-likeness (QED) is 0.373. The Morgan fingerprint density at radius 1 is 1.20 bits per heavy atom. The van der Waals surface area contributed by atoms with Crippen LogP contribution in [0.2, 0.25) is 10.0 Å². The van der Waals surface area contributed by atoms with Gasteiger partial charge in [0.25, 0.3) is 0 Å². The van der Waals surface area contributed by atoms with Crippen molar-refractivity contribution in [2.24, 2.45) is 0 Å². The largest absolute Gasteiger partial charge is 0.337 e. The molecule has 0 amide bonds. The number of allylic oxidation sites excluding steroid dienone is 1. The van der Waals surface area contributed by atoms with Crippen LogP contribution < -0.4 is 4.90 Å². The topological polar surface area (TPSA) is 44.1 Å². The lowest BCUT2D eigenvalue weighted by Crippen LogP contribution is -2.16. The molecule has 2 aromatic carbocycles. The number of carbonyl (C=O) groups excluding carboxylic acids is 1. The van der Waals surface area contributed by atoms with E-state index in [0.717, 1.165) is 10.6 Å². The monoisotopic (exact) mass is 406 g/mol. The van der Waals surface area contributed by atoms with Gasteiger partial charge in [-0.15, -0.1) is 11.8 Å². The van der Waals surface area contributed by atoms with E-state index < -0.39 is 0 Å². The van der Waals surface area contributed by atoms with Crippen molar-refractivity contribution < 1.29 is 4.79 Å². The number of fused-ring (bicyclic) bond motifs is 1. The summed E-state index contributed by atoms with van der Waals surface area (Å²) in [5.41, 5.74) is 1.14. The summed E-state index contributed by atoms with van der Waals surface area (Å²) in [6.45, 7) is 0. The lowest BCUT2D eigenvalue weighted by molar-refractivity contribution is -0.112. The van der Waals surface area contributed by atoms with Crippen LogP contribution in [0, 0.1) is 11.3 Å². The number of ketones is 1. The number of halogens is 2. The molecule has 3 rings (SSSR count). The van der Waals surface area contributed by atoms with E-state index in [1.165, 1.54) is 23.5 Å². The second-order valence-electron chi connectivity index (χ2n) is 5.18. The number of thioether (sulfide) groups is 2. The number of Topliss-reactive ketones (excluding diaryl/α,β-unsaturated/α-hetero) is 1. The van der Waals surface area contributed by atoms with Crippen molar-refractivity contribution in [2.75, 3.05) is 17.7 Å². The number of hydrogen-bond donors (Lipinski definition) is 0. The van der Waals surface area contributed by atoms with Gasteiger partial charge in [-0.25, -0.2) is 0 Å². The Kier molecular flexibility index (Phi) is 5.65. The Bertz CT molecular complexity index is 901. The molecule has 126 valence electrons. The van der Waals surface area contributed by atoms with Gasteiger partial charge in [0.2, 0.25) is 0 Å². The first-order valence-corrected chi connectivity index (χ1v) is 9.83. The van der Waals surface area contributed by atoms with Crippen LogP contribution in [0.5, 0.6) is 0 Å². The van der Waals surface area contributed by atoms with Crippen LogP contribution in [-0.4, -0.2) is 18.6 Å². The standard InChI is InChI=1S/C18H12Cl2N2OS2/c1-22-14-7-2-3-8-16(14)25-18(22)11(9-21)15(23)10-24-17-12(19)5-4-6-13(17)20/h2-8H,10H2,1H3. The SMILES string of the molecule is CN1C(=C(C#N)C(=O)CSc2c(Cl)cccc2Cl)Sc2ccccc21. The first kappa shape index (κ1) is 18.2. The van der Waals surface area contributed by atoms with Crippen molar-refractivity contribution in [1.82, 2.24) is 0 Å². The molecule has 1 aliphatic rings. The zero-order chi connectivity index (χ0) is 18.0. The summed E-state index contributed by atoms with van der Waals surface area (Å²) in [7, 11) is 1.86. The summed E-state index contributed by atoms with van der Waals surface area (Å²) >= 11 is 14.9. The van der Waals surface area contributed by atoms with Gasteiger partial charge in [0.15, 0.2) is 5.78 Å². The fraction of sp³-hybridized carbons (Fsp3) is 0.111. The highest BCUT2D eigenvalue weighted by atomic mass is 35.5. The van der Waals surface area contributed by atoms with Crippen molar-refractivity contribution >= 4 is 58.2 Å². The Morgan fingerprint density at radius 3 is 2.52 bits per heavy atom. The van der Waals surface area contributed by atoms with Gasteiger partial charge in [-0.1, -0.05) is 53.2 Å². The number of benzene rings is 2. The highest BCUT2D eigenvalue weighted by molar-refractivity contribution is 8.03. The first-order chi connectivity index (χ1) is 12.0. The van der Waals surface area contributed by atoms with Crippen LogP contribution in [0.25, 0.3) is 0 Å². The van der Waals surface area contributed by atoms with Crippen molar-refractivity contribution in [3.63, 3.8) is 0 Å². The van der Waals surface area contributed by atoms with E-state index in [4.69, 9.17) is 23.2 Å². The van der Waals surface area contributed by atoms with Gasteiger partial charge in [-0.3, -0.25) is 4.79 Å². The van der Waals surface area contributed by atoms with Gasteiger partial charge < -0.3 is 4.90 Å². The molecule has 0 spiro atoms. The zero-order valence-electron chi connectivity index (χ0n) is 13.1. The zero-order valence-corrected chi connectivity index (χ0v) is 16.3. The van der Waals surface area contributed by atoms with E-state index in [-0.39, 0.29) is 17.1 Å². The third kappa shape index (κ3) is 3.68. The second-order valence-corrected chi connectivity index (χ2v) is 8.01. The van der Waals surface area contributed by atoms with E-state index in [2.05, 4.69) is 6.07 Å². The molecule has 0 fully saturated rings. The second kappa shape index (κ2) is 7.76. The van der Waals surface area contributed by atoms with E-state index in [1.54, 1.807) is 18.2 Å². The van der Waals surface area contributed by atoms with E-state index in [0.29, 0.717) is 20.0 Å². The van der Waals surface area contributed by atoms with Crippen LogP contribution in [0.4, 0.5) is 5.69 Å². The Balaban J connectivity index is 1.83. The van der Waals surface area contributed by atoms with Gasteiger partial charge in [0.1, 0.15) is 16.7 Å².